The summed E-state index contributed by atoms with van der Waals surface area (Å²) in [5.74, 6) is 2.65. The molecule has 1 nitrogen and oxygen atoms in total. The van der Waals surface area contributed by atoms with Gasteiger partial charge in [-0.05, 0) is 24.2 Å². The highest BCUT2D eigenvalue weighted by molar-refractivity contribution is 4.93. The SMILES string of the molecule is OCC1CC1C1CCC1. The van der Waals surface area contributed by atoms with E-state index in [1.807, 2.05) is 0 Å². The summed E-state index contributed by atoms with van der Waals surface area (Å²) in [4.78, 5) is 0. The van der Waals surface area contributed by atoms with Crippen LogP contribution in [0.5, 0.6) is 0 Å². The third kappa shape index (κ3) is 0.877. The first-order valence-corrected chi connectivity index (χ1v) is 4.02. The molecule has 2 unspecified atom stereocenters. The monoisotopic (exact) mass is 126 g/mol. The first kappa shape index (κ1) is 5.72. The fourth-order valence-electron chi connectivity index (χ4n) is 1.93. The van der Waals surface area contributed by atoms with Crippen molar-refractivity contribution in [1.29, 1.82) is 0 Å². The Morgan fingerprint density at radius 2 is 2.11 bits per heavy atom. The van der Waals surface area contributed by atoms with Crippen molar-refractivity contribution in [3.8, 4) is 0 Å². The van der Waals surface area contributed by atoms with E-state index in [-0.39, 0.29) is 0 Å². The van der Waals surface area contributed by atoms with Gasteiger partial charge in [0.15, 0.2) is 0 Å². The van der Waals surface area contributed by atoms with Crippen LogP contribution in [0.15, 0.2) is 0 Å². The van der Waals surface area contributed by atoms with E-state index < -0.39 is 0 Å². The molecule has 0 bridgehead atoms. The van der Waals surface area contributed by atoms with Gasteiger partial charge in [-0.3, -0.25) is 0 Å². The number of rotatable bonds is 2. The molecule has 9 heavy (non-hydrogen) atoms. The molecule has 2 aliphatic carbocycles. The average Bonchev–Trinajstić information content (AvgIpc) is 2.42. The van der Waals surface area contributed by atoms with Gasteiger partial charge in [0.2, 0.25) is 0 Å². The largest absolute Gasteiger partial charge is 0.396 e. The van der Waals surface area contributed by atoms with Gasteiger partial charge in [-0.1, -0.05) is 19.3 Å². The lowest BCUT2D eigenvalue weighted by Gasteiger charge is -2.25. The van der Waals surface area contributed by atoms with Gasteiger partial charge in [-0.15, -0.1) is 0 Å². The first-order valence-electron chi connectivity index (χ1n) is 4.02. The van der Waals surface area contributed by atoms with E-state index in [0.717, 1.165) is 11.8 Å². The van der Waals surface area contributed by atoms with E-state index in [2.05, 4.69) is 0 Å². The predicted octanol–water partition coefficient (Wildman–Crippen LogP) is 1.41. The van der Waals surface area contributed by atoms with Gasteiger partial charge < -0.3 is 5.11 Å². The van der Waals surface area contributed by atoms with Gasteiger partial charge in [-0.2, -0.15) is 0 Å². The van der Waals surface area contributed by atoms with Crippen molar-refractivity contribution in [2.45, 2.75) is 25.7 Å². The zero-order valence-electron chi connectivity index (χ0n) is 5.71. The second-order valence-electron chi connectivity index (χ2n) is 3.53. The summed E-state index contributed by atoms with van der Waals surface area (Å²) < 4.78 is 0. The highest BCUT2D eigenvalue weighted by atomic mass is 16.3. The quantitative estimate of drug-likeness (QED) is 0.593. The second-order valence-corrected chi connectivity index (χ2v) is 3.53. The molecule has 2 atom stereocenters. The highest BCUT2D eigenvalue weighted by Crippen LogP contribution is 2.51. The molecular weight excluding hydrogens is 112 g/mol. The fraction of sp³-hybridized carbons (Fsp3) is 1.00. The summed E-state index contributed by atoms with van der Waals surface area (Å²) in [7, 11) is 0. The van der Waals surface area contributed by atoms with E-state index in [4.69, 9.17) is 5.11 Å². The molecule has 0 aromatic heterocycles. The Balaban J connectivity index is 1.76. The van der Waals surface area contributed by atoms with Crippen molar-refractivity contribution in [2.24, 2.45) is 17.8 Å². The van der Waals surface area contributed by atoms with Crippen LogP contribution in [0.3, 0.4) is 0 Å². The van der Waals surface area contributed by atoms with Crippen molar-refractivity contribution in [3.05, 3.63) is 0 Å². The van der Waals surface area contributed by atoms with E-state index in [9.17, 15) is 0 Å². The standard InChI is InChI=1S/C8H14O/c9-5-7-4-8(7)6-2-1-3-6/h6-9H,1-5H2. The predicted molar refractivity (Wildman–Crippen MR) is 36.0 cm³/mol. The summed E-state index contributed by atoms with van der Waals surface area (Å²) in [5, 5.41) is 8.74. The van der Waals surface area contributed by atoms with Crippen LogP contribution in [-0.4, -0.2) is 11.7 Å². The van der Waals surface area contributed by atoms with E-state index in [0.29, 0.717) is 12.5 Å². The van der Waals surface area contributed by atoms with Gasteiger partial charge in [0.25, 0.3) is 0 Å². The summed E-state index contributed by atoms with van der Waals surface area (Å²) in [6.07, 6.45) is 5.66. The molecule has 0 radical (unpaired) electrons. The lowest BCUT2D eigenvalue weighted by Crippen LogP contribution is -2.14. The van der Waals surface area contributed by atoms with E-state index >= 15 is 0 Å². The topological polar surface area (TPSA) is 20.2 Å². The van der Waals surface area contributed by atoms with E-state index in [1.54, 1.807) is 0 Å². The lowest BCUT2D eigenvalue weighted by molar-refractivity contribution is 0.222. The molecule has 2 saturated carbocycles. The van der Waals surface area contributed by atoms with Gasteiger partial charge in [0.1, 0.15) is 0 Å². The third-order valence-electron chi connectivity index (χ3n) is 2.97. The maximum absolute atomic E-state index is 8.74. The molecule has 2 fully saturated rings. The van der Waals surface area contributed by atoms with Gasteiger partial charge in [0.05, 0.1) is 0 Å². The molecule has 1 heteroatoms. The van der Waals surface area contributed by atoms with Crippen molar-refractivity contribution < 1.29 is 5.11 Å². The second kappa shape index (κ2) is 1.98. The molecule has 1 N–H and O–H groups in total. The summed E-state index contributed by atoms with van der Waals surface area (Å²) >= 11 is 0. The van der Waals surface area contributed by atoms with Crippen LogP contribution in [0, 0.1) is 17.8 Å². The normalized spacial score (nSPS) is 42.3. The lowest BCUT2D eigenvalue weighted by atomic mass is 9.81. The Morgan fingerprint density at radius 1 is 1.33 bits per heavy atom. The van der Waals surface area contributed by atoms with Crippen LogP contribution in [0.25, 0.3) is 0 Å². The molecule has 2 rings (SSSR count). The maximum Gasteiger partial charge on any atom is 0.0462 e. The van der Waals surface area contributed by atoms with Crippen LogP contribution in [0.4, 0.5) is 0 Å². The minimum absolute atomic E-state index is 0.446. The summed E-state index contributed by atoms with van der Waals surface area (Å²) in [6.45, 7) is 0.446. The highest BCUT2D eigenvalue weighted by Gasteiger charge is 2.43. The molecule has 2 aliphatic rings. The number of hydrogen-bond donors (Lipinski definition) is 1. The Morgan fingerprint density at radius 3 is 2.44 bits per heavy atom. The van der Waals surface area contributed by atoms with Crippen LogP contribution in [0.1, 0.15) is 25.7 Å². The van der Waals surface area contributed by atoms with Gasteiger partial charge in [-0.25, -0.2) is 0 Å². The molecular formula is C8H14O. The first-order chi connectivity index (χ1) is 4.42. The molecule has 0 aliphatic heterocycles. The van der Waals surface area contributed by atoms with Crippen LogP contribution in [-0.2, 0) is 0 Å². The van der Waals surface area contributed by atoms with Crippen molar-refractivity contribution >= 4 is 0 Å². The maximum atomic E-state index is 8.74. The zero-order valence-corrected chi connectivity index (χ0v) is 5.71. The number of aliphatic hydroxyl groups is 1. The van der Waals surface area contributed by atoms with Gasteiger partial charge >= 0.3 is 0 Å². The van der Waals surface area contributed by atoms with Crippen LogP contribution in [0.2, 0.25) is 0 Å². The van der Waals surface area contributed by atoms with Crippen LogP contribution >= 0.6 is 0 Å². The van der Waals surface area contributed by atoms with Crippen molar-refractivity contribution in [2.75, 3.05) is 6.61 Å². The number of hydrogen-bond acceptors (Lipinski definition) is 1. The van der Waals surface area contributed by atoms with Crippen molar-refractivity contribution in [3.63, 3.8) is 0 Å². The molecule has 0 spiro atoms. The average molecular weight is 126 g/mol. The third-order valence-corrected chi connectivity index (χ3v) is 2.97. The Hall–Kier alpha value is -0.0400. The van der Waals surface area contributed by atoms with Gasteiger partial charge in [0, 0.05) is 6.61 Å². The minimum Gasteiger partial charge on any atom is -0.396 e. The Kier molecular flexibility index (Phi) is 1.26. The summed E-state index contributed by atoms with van der Waals surface area (Å²) in [5.41, 5.74) is 0. The minimum atomic E-state index is 0.446. The fourth-order valence-corrected chi connectivity index (χ4v) is 1.93. The molecule has 0 aromatic carbocycles. The van der Waals surface area contributed by atoms with Crippen LogP contribution < -0.4 is 0 Å². The molecule has 0 heterocycles. The Labute approximate surface area is 56.1 Å². The molecule has 0 saturated heterocycles. The molecule has 0 amide bonds. The van der Waals surface area contributed by atoms with E-state index in [1.165, 1.54) is 25.7 Å². The smallest absolute Gasteiger partial charge is 0.0462 e. The summed E-state index contributed by atoms with van der Waals surface area (Å²) in [6, 6.07) is 0. The zero-order chi connectivity index (χ0) is 6.27. The molecule has 52 valence electrons. The van der Waals surface area contributed by atoms with Crippen molar-refractivity contribution in [1.82, 2.24) is 0 Å². The Bertz CT molecular complexity index is 107. The molecule has 0 aromatic rings. The number of aliphatic hydroxyl groups excluding tert-OH is 1.